The first-order valence-electron chi connectivity index (χ1n) is 7.88. The van der Waals surface area contributed by atoms with Crippen molar-refractivity contribution >= 4 is 0 Å². The van der Waals surface area contributed by atoms with Crippen LogP contribution < -0.4 is 5.32 Å². The minimum absolute atomic E-state index is 0.0636. The van der Waals surface area contributed by atoms with Crippen LogP contribution in [0.1, 0.15) is 50.0 Å². The summed E-state index contributed by atoms with van der Waals surface area (Å²) >= 11 is 0. The Labute approximate surface area is 120 Å². The Morgan fingerprint density at radius 1 is 1.15 bits per heavy atom. The van der Waals surface area contributed by atoms with Crippen LogP contribution in [0.5, 0.6) is 0 Å². The lowest BCUT2D eigenvalue weighted by Crippen LogP contribution is -2.43. The van der Waals surface area contributed by atoms with E-state index in [1.807, 2.05) is 12.1 Å². The summed E-state index contributed by atoms with van der Waals surface area (Å²) in [5.41, 5.74) is 0.874. The molecule has 2 aliphatic rings. The van der Waals surface area contributed by atoms with Crippen molar-refractivity contribution in [2.75, 3.05) is 6.54 Å². The van der Waals surface area contributed by atoms with Gasteiger partial charge in [0.05, 0.1) is 6.10 Å². The van der Waals surface area contributed by atoms with Gasteiger partial charge in [0, 0.05) is 6.04 Å². The van der Waals surface area contributed by atoms with E-state index in [1.165, 1.54) is 6.42 Å². The number of halogens is 1. The number of aliphatic hydroxyl groups excluding tert-OH is 1. The quantitative estimate of drug-likeness (QED) is 0.885. The molecule has 0 aromatic heterocycles. The van der Waals surface area contributed by atoms with Crippen LogP contribution in [0, 0.1) is 11.7 Å². The monoisotopic (exact) mass is 277 g/mol. The van der Waals surface area contributed by atoms with Crippen molar-refractivity contribution in [2.24, 2.45) is 5.92 Å². The van der Waals surface area contributed by atoms with Crippen LogP contribution in [0.4, 0.5) is 4.39 Å². The number of nitrogens with one attached hydrogen (secondary N) is 1. The number of rotatable bonds is 4. The van der Waals surface area contributed by atoms with Crippen molar-refractivity contribution in [2.45, 2.75) is 56.6 Å². The summed E-state index contributed by atoms with van der Waals surface area (Å²) in [5, 5.41) is 13.3. The van der Waals surface area contributed by atoms with Gasteiger partial charge in [0.2, 0.25) is 0 Å². The number of hydrogen-bond donors (Lipinski definition) is 2. The zero-order valence-corrected chi connectivity index (χ0v) is 11.9. The second kappa shape index (κ2) is 6.23. The summed E-state index contributed by atoms with van der Waals surface area (Å²) in [6, 6.07) is 7.66. The van der Waals surface area contributed by atoms with E-state index in [4.69, 9.17) is 0 Å². The normalized spacial score (nSPS) is 33.7. The fourth-order valence-electron chi connectivity index (χ4n) is 3.63. The molecular weight excluding hydrogens is 253 g/mol. The Kier molecular flexibility index (Phi) is 4.37. The number of benzene rings is 1. The number of aliphatic hydroxyl groups is 1. The van der Waals surface area contributed by atoms with Gasteiger partial charge >= 0.3 is 0 Å². The zero-order valence-electron chi connectivity index (χ0n) is 11.9. The Morgan fingerprint density at radius 2 is 1.95 bits per heavy atom. The van der Waals surface area contributed by atoms with E-state index in [-0.39, 0.29) is 11.9 Å². The summed E-state index contributed by atoms with van der Waals surface area (Å²) < 4.78 is 13.7. The predicted molar refractivity (Wildman–Crippen MR) is 78.1 cm³/mol. The summed E-state index contributed by atoms with van der Waals surface area (Å²) in [7, 11) is 0. The van der Waals surface area contributed by atoms with Gasteiger partial charge in [-0.3, -0.25) is 0 Å². The van der Waals surface area contributed by atoms with Gasteiger partial charge in [-0.1, -0.05) is 24.6 Å². The molecular formula is C17H24FNO. The molecule has 2 atom stereocenters. The molecule has 2 aliphatic carbocycles. The Bertz CT molecular complexity index is 444. The van der Waals surface area contributed by atoms with E-state index in [1.54, 1.807) is 12.1 Å². The van der Waals surface area contributed by atoms with Gasteiger partial charge in [0.1, 0.15) is 5.82 Å². The van der Waals surface area contributed by atoms with Crippen LogP contribution in [0.3, 0.4) is 0 Å². The molecule has 0 bridgehead atoms. The average molecular weight is 277 g/mol. The third-order valence-electron chi connectivity index (χ3n) is 4.93. The lowest BCUT2D eigenvalue weighted by atomic mass is 9.75. The van der Waals surface area contributed by atoms with Gasteiger partial charge in [-0.05, 0) is 62.1 Å². The smallest absolute Gasteiger partial charge is 0.126 e. The molecule has 0 radical (unpaired) electrons. The fraction of sp³-hybridized carbons (Fsp3) is 0.647. The molecule has 0 amide bonds. The zero-order chi connectivity index (χ0) is 13.9. The molecule has 3 rings (SSSR count). The molecule has 20 heavy (non-hydrogen) atoms. The topological polar surface area (TPSA) is 32.3 Å². The molecule has 3 heteroatoms. The first-order valence-corrected chi connectivity index (χ1v) is 7.88. The first kappa shape index (κ1) is 14.0. The maximum Gasteiger partial charge on any atom is 0.126 e. The highest BCUT2D eigenvalue weighted by Crippen LogP contribution is 2.38. The van der Waals surface area contributed by atoms with Crippen molar-refractivity contribution in [3.05, 3.63) is 35.6 Å². The molecule has 1 aromatic rings. The maximum atomic E-state index is 13.7. The Morgan fingerprint density at radius 3 is 2.70 bits per heavy atom. The lowest BCUT2D eigenvalue weighted by molar-refractivity contribution is 0.0975. The third kappa shape index (κ3) is 3.21. The minimum atomic E-state index is -0.0943. The summed E-state index contributed by atoms with van der Waals surface area (Å²) in [4.78, 5) is 0. The highest BCUT2D eigenvalue weighted by Gasteiger charge is 2.32. The van der Waals surface area contributed by atoms with Crippen LogP contribution in [0.2, 0.25) is 0 Å². The van der Waals surface area contributed by atoms with Gasteiger partial charge in [-0.25, -0.2) is 4.39 Å². The van der Waals surface area contributed by atoms with Gasteiger partial charge < -0.3 is 10.4 Å². The van der Waals surface area contributed by atoms with E-state index >= 15 is 0 Å². The van der Waals surface area contributed by atoms with Crippen molar-refractivity contribution in [1.29, 1.82) is 0 Å². The molecule has 2 N–H and O–H groups in total. The highest BCUT2D eigenvalue weighted by molar-refractivity contribution is 5.24. The maximum absolute atomic E-state index is 13.7. The van der Waals surface area contributed by atoms with Crippen LogP contribution in [-0.2, 0) is 0 Å². The van der Waals surface area contributed by atoms with E-state index in [9.17, 15) is 9.50 Å². The molecule has 0 heterocycles. The van der Waals surface area contributed by atoms with Crippen LogP contribution in [0.15, 0.2) is 24.3 Å². The van der Waals surface area contributed by atoms with Gasteiger partial charge in [-0.2, -0.15) is 0 Å². The molecule has 2 saturated carbocycles. The molecule has 0 saturated heterocycles. The van der Waals surface area contributed by atoms with Crippen LogP contribution in [-0.4, -0.2) is 23.8 Å². The van der Waals surface area contributed by atoms with Crippen LogP contribution in [0.25, 0.3) is 0 Å². The van der Waals surface area contributed by atoms with Crippen LogP contribution >= 0.6 is 0 Å². The molecule has 2 fully saturated rings. The second-order valence-electron chi connectivity index (χ2n) is 6.48. The second-order valence-corrected chi connectivity index (χ2v) is 6.48. The predicted octanol–water partition coefficient (Wildman–Crippen LogP) is 3.21. The Balaban J connectivity index is 1.41. The fourth-order valence-corrected chi connectivity index (χ4v) is 3.63. The summed E-state index contributed by atoms with van der Waals surface area (Å²) in [5.74, 6) is 0.934. The van der Waals surface area contributed by atoms with E-state index in [0.717, 1.165) is 44.2 Å². The largest absolute Gasteiger partial charge is 0.393 e. The number of hydrogen-bond acceptors (Lipinski definition) is 2. The molecule has 2 nitrogen and oxygen atoms in total. The SMILES string of the molecule is OC1CCCC(CNC2CC(c3ccccc3F)C2)C1. The third-order valence-corrected chi connectivity index (χ3v) is 4.93. The first-order chi connectivity index (χ1) is 9.72. The van der Waals surface area contributed by atoms with Gasteiger partial charge in [-0.15, -0.1) is 0 Å². The lowest BCUT2D eigenvalue weighted by Gasteiger charge is -2.38. The Hall–Kier alpha value is -0.930. The molecule has 2 unspecified atom stereocenters. The van der Waals surface area contributed by atoms with Crippen molar-refractivity contribution in [3.63, 3.8) is 0 Å². The summed E-state index contributed by atoms with van der Waals surface area (Å²) in [6.45, 7) is 1.01. The molecule has 1 aromatic carbocycles. The average Bonchev–Trinajstić information content (AvgIpc) is 2.39. The molecule has 110 valence electrons. The molecule has 0 aliphatic heterocycles. The highest BCUT2D eigenvalue weighted by atomic mass is 19.1. The van der Waals surface area contributed by atoms with Crippen molar-refractivity contribution in [3.8, 4) is 0 Å². The summed E-state index contributed by atoms with van der Waals surface area (Å²) in [6.07, 6.45) is 6.27. The van der Waals surface area contributed by atoms with E-state index in [0.29, 0.717) is 17.9 Å². The van der Waals surface area contributed by atoms with Crippen molar-refractivity contribution in [1.82, 2.24) is 5.32 Å². The standard InChI is InChI=1S/C17H24FNO/c18-17-7-2-1-6-16(17)13-9-14(10-13)19-11-12-4-3-5-15(20)8-12/h1-2,6-7,12-15,19-20H,3-5,8-11H2. The van der Waals surface area contributed by atoms with E-state index < -0.39 is 0 Å². The van der Waals surface area contributed by atoms with Crippen molar-refractivity contribution < 1.29 is 9.50 Å². The minimum Gasteiger partial charge on any atom is -0.393 e. The molecule has 0 spiro atoms. The van der Waals surface area contributed by atoms with E-state index in [2.05, 4.69) is 5.32 Å². The van der Waals surface area contributed by atoms with Gasteiger partial charge in [0.25, 0.3) is 0 Å². The van der Waals surface area contributed by atoms with Gasteiger partial charge in [0.15, 0.2) is 0 Å².